The van der Waals surface area contributed by atoms with E-state index < -0.39 is 6.10 Å². The summed E-state index contributed by atoms with van der Waals surface area (Å²) in [5, 5.41) is 13.2. The summed E-state index contributed by atoms with van der Waals surface area (Å²) >= 11 is 0. The summed E-state index contributed by atoms with van der Waals surface area (Å²) in [7, 11) is 0. The first-order chi connectivity index (χ1) is 7.50. The Morgan fingerprint density at radius 3 is 1.94 bits per heavy atom. The lowest BCUT2D eigenvalue weighted by Crippen LogP contribution is -2.27. The van der Waals surface area contributed by atoms with Gasteiger partial charge in [0.05, 0.1) is 6.10 Å². The molecule has 0 radical (unpaired) electrons. The van der Waals surface area contributed by atoms with Gasteiger partial charge < -0.3 is 10.4 Å². The van der Waals surface area contributed by atoms with Crippen LogP contribution in [0.15, 0.2) is 24.3 Å². The van der Waals surface area contributed by atoms with E-state index in [1.165, 1.54) is 5.56 Å². The van der Waals surface area contributed by atoms with E-state index in [2.05, 4.69) is 45.1 Å². The maximum atomic E-state index is 9.94. The second-order valence-corrected chi connectivity index (χ2v) is 4.90. The van der Waals surface area contributed by atoms with Gasteiger partial charge >= 0.3 is 0 Å². The van der Waals surface area contributed by atoms with Gasteiger partial charge in [-0.05, 0) is 17.0 Å². The van der Waals surface area contributed by atoms with Gasteiger partial charge in [0.25, 0.3) is 0 Å². The average molecular weight is 221 g/mol. The fourth-order valence-electron chi connectivity index (χ4n) is 1.57. The summed E-state index contributed by atoms with van der Waals surface area (Å²) in [6.07, 6.45) is -0.413. The Morgan fingerprint density at radius 1 is 1.00 bits per heavy atom. The highest BCUT2D eigenvalue weighted by atomic mass is 16.3. The Kier molecular flexibility index (Phi) is 4.97. The molecule has 16 heavy (non-hydrogen) atoms. The Bertz CT molecular complexity index is 303. The molecule has 1 aromatic rings. The molecule has 0 amide bonds. The second kappa shape index (κ2) is 6.02. The Labute approximate surface area is 98.7 Å². The molecule has 0 aliphatic rings. The molecule has 1 aromatic carbocycles. The van der Waals surface area contributed by atoms with Crippen molar-refractivity contribution in [3.63, 3.8) is 0 Å². The number of hydrogen-bond acceptors (Lipinski definition) is 2. The van der Waals surface area contributed by atoms with Crippen LogP contribution in [-0.2, 0) is 0 Å². The molecule has 0 fully saturated rings. The van der Waals surface area contributed by atoms with E-state index >= 15 is 0 Å². The number of nitrogens with one attached hydrogen (secondary N) is 1. The van der Waals surface area contributed by atoms with Crippen LogP contribution >= 0.6 is 0 Å². The molecule has 0 saturated heterocycles. The van der Waals surface area contributed by atoms with E-state index in [1.54, 1.807) is 0 Å². The second-order valence-electron chi connectivity index (χ2n) is 4.90. The van der Waals surface area contributed by atoms with Crippen molar-refractivity contribution in [2.24, 2.45) is 0 Å². The normalized spacial score (nSPS) is 13.4. The van der Waals surface area contributed by atoms with Crippen molar-refractivity contribution < 1.29 is 5.11 Å². The summed E-state index contributed by atoms with van der Waals surface area (Å²) in [5.41, 5.74) is 2.30. The number of rotatable bonds is 5. The smallest absolute Gasteiger partial charge is 0.0914 e. The molecule has 0 saturated carbocycles. The van der Waals surface area contributed by atoms with Crippen molar-refractivity contribution in [2.75, 3.05) is 6.54 Å². The fraction of sp³-hybridized carbons (Fsp3) is 0.571. The molecule has 0 aromatic heterocycles. The summed E-state index contributed by atoms with van der Waals surface area (Å²) in [6.45, 7) is 9.11. The minimum atomic E-state index is -0.413. The molecular formula is C14H23NO. The fourth-order valence-corrected chi connectivity index (χ4v) is 1.57. The lowest BCUT2D eigenvalue weighted by atomic mass is 10.00. The highest BCUT2D eigenvalue weighted by molar-refractivity contribution is 5.26. The maximum absolute atomic E-state index is 9.94. The van der Waals surface area contributed by atoms with Crippen molar-refractivity contribution in [1.82, 2.24) is 5.32 Å². The predicted octanol–water partition coefficient (Wildman–Crippen LogP) is 2.84. The molecule has 1 atom stereocenters. The van der Waals surface area contributed by atoms with Crippen LogP contribution < -0.4 is 5.32 Å². The number of aliphatic hydroxyl groups is 1. The van der Waals surface area contributed by atoms with E-state index in [-0.39, 0.29) is 0 Å². The highest BCUT2D eigenvalue weighted by Gasteiger charge is 2.08. The SMILES string of the molecule is CC(C)NCC(O)c1ccc(C(C)C)cc1. The first kappa shape index (κ1) is 13.2. The number of hydrogen-bond donors (Lipinski definition) is 2. The quantitative estimate of drug-likeness (QED) is 0.801. The molecule has 0 spiro atoms. The maximum Gasteiger partial charge on any atom is 0.0914 e. The van der Waals surface area contributed by atoms with Crippen LogP contribution in [0.1, 0.15) is 50.8 Å². The molecule has 1 unspecified atom stereocenters. The lowest BCUT2D eigenvalue weighted by molar-refractivity contribution is 0.171. The topological polar surface area (TPSA) is 32.3 Å². The molecule has 0 aliphatic heterocycles. The van der Waals surface area contributed by atoms with Crippen LogP contribution in [0, 0.1) is 0 Å². The molecule has 0 bridgehead atoms. The first-order valence-electron chi connectivity index (χ1n) is 6.02. The van der Waals surface area contributed by atoms with Gasteiger partial charge in [-0.2, -0.15) is 0 Å². The highest BCUT2D eigenvalue weighted by Crippen LogP contribution is 2.18. The molecule has 2 N–H and O–H groups in total. The Balaban J connectivity index is 2.59. The standard InChI is InChI=1S/C14H23NO/c1-10(2)12-5-7-13(8-6-12)14(16)9-15-11(3)4/h5-8,10-11,14-16H,9H2,1-4H3. The molecule has 0 heterocycles. The van der Waals surface area contributed by atoms with Gasteiger partial charge in [0, 0.05) is 12.6 Å². The third-order valence-corrected chi connectivity index (χ3v) is 2.71. The van der Waals surface area contributed by atoms with Crippen LogP contribution in [0.25, 0.3) is 0 Å². The summed E-state index contributed by atoms with van der Waals surface area (Å²) in [4.78, 5) is 0. The summed E-state index contributed by atoms with van der Waals surface area (Å²) in [6, 6.07) is 8.63. The van der Waals surface area contributed by atoms with Gasteiger partial charge in [0.2, 0.25) is 0 Å². The predicted molar refractivity (Wildman–Crippen MR) is 68.6 cm³/mol. The van der Waals surface area contributed by atoms with Gasteiger partial charge in [0.1, 0.15) is 0 Å². The van der Waals surface area contributed by atoms with Crippen molar-refractivity contribution in [2.45, 2.75) is 45.8 Å². The summed E-state index contributed by atoms with van der Waals surface area (Å²) < 4.78 is 0. The molecule has 2 nitrogen and oxygen atoms in total. The van der Waals surface area contributed by atoms with E-state index in [0.717, 1.165) is 5.56 Å². The third kappa shape index (κ3) is 3.95. The van der Waals surface area contributed by atoms with Crippen LogP contribution in [0.5, 0.6) is 0 Å². The summed E-state index contributed by atoms with van der Waals surface area (Å²) in [5.74, 6) is 0.542. The molecule has 1 rings (SSSR count). The Hall–Kier alpha value is -0.860. The van der Waals surface area contributed by atoms with Crippen LogP contribution in [0.2, 0.25) is 0 Å². The van der Waals surface area contributed by atoms with Crippen LogP contribution in [-0.4, -0.2) is 17.7 Å². The minimum Gasteiger partial charge on any atom is -0.387 e. The van der Waals surface area contributed by atoms with Crippen LogP contribution in [0.3, 0.4) is 0 Å². The molecule has 90 valence electrons. The van der Waals surface area contributed by atoms with E-state index in [0.29, 0.717) is 18.5 Å². The zero-order valence-corrected chi connectivity index (χ0v) is 10.7. The number of aliphatic hydroxyl groups excluding tert-OH is 1. The van der Waals surface area contributed by atoms with E-state index in [1.807, 2.05) is 12.1 Å². The van der Waals surface area contributed by atoms with Gasteiger partial charge in [-0.3, -0.25) is 0 Å². The van der Waals surface area contributed by atoms with E-state index in [9.17, 15) is 5.11 Å². The van der Waals surface area contributed by atoms with Crippen molar-refractivity contribution in [3.05, 3.63) is 35.4 Å². The number of benzene rings is 1. The monoisotopic (exact) mass is 221 g/mol. The van der Waals surface area contributed by atoms with Crippen molar-refractivity contribution >= 4 is 0 Å². The Morgan fingerprint density at radius 2 is 1.50 bits per heavy atom. The minimum absolute atomic E-state index is 0.407. The van der Waals surface area contributed by atoms with Gasteiger partial charge in [0.15, 0.2) is 0 Å². The third-order valence-electron chi connectivity index (χ3n) is 2.71. The van der Waals surface area contributed by atoms with Crippen LogP contribution in [0.4, 0.5) is 0 Å². The van der Waals surface area contributed by atoms with Gasteiger partial charge in [-0.25, -0.2) is 0 Å². The van der Waals surface area contributed by atoms with Crippen molar-refractivity contribution in [1.29, 1.82) is 0 Å². The lowest BCUT2D eigenvalue weighted by Gasteiger charge is -2.15. The zero-order valence-electron chi connectivity index (χ0n) is 10.7. The van der Waals surface area contributed by atoms with E-state index in [4.69, 9.17) is 0 Å². The van der Waals surface area contributed by atoms with Gasteiger partial charge in [-0.15, -0.1) is 0 Å². The van der Waals surface area contributed by atoms with Crippen molar-refractivity contribution in [3.8, 4) is 0 Å². The molecule has 0 aliphatic carbocycles. The average Bonchev–Trinajstić information content (AvgIpc) is 2.26. The first-order valence-corrected chi connectivity index (χ1v) is 6.02. The molecular weight excluding hydrogens is 198 g/mol. The van der Waals surface area contributed by atoms with Gasteiger partial charge in [-0.1, -0.05) is 52.0 Å². The molecule has 2 heteroatoms. The largest absolute Gasteiger partial charge is 0.387 e. The zero-order chi connectivity index (χ0) is 12.1.